The molecule has 24 heavy (non-hydrogen) atoms. The van der Waals surface area contributed by atoms with E-state index >= 15 is 0 Å². The first-order valence-corrected chi connectivity index (χ1v) is 10.3. The Morgan fingerprint density at radius 3 is 2.21 bits per heavy atom. The zero-order valence-electron chi connectivity index (χ0n) is 12.7. The molecule has 0 fully saturated rings. The third-order valence-corrected chi connectivity index (χ3v) is 6.71. The zero-order chi connectivity index (χ0) is 18.1. The Labute approximate surface area is 150 Å². The van der Waals surface area contributed by atoms with Crippen molar-refractivity contribution in [2.45, 2.75) is 16.7 Å². The van der Waals surface area contributed by atoms with Gasteiger partial charge in [0.25, 0.3) is 10.0 Å². The Morgan fingerprint density at radius 1 is 0.917 bits per heavy atom. The maximum atomic E-state index is 12.5. The summed E-state index contributed by atoms with van der Waals surface area (Å²) in [4.78, 5) is -0.261. The second-order valence-corrected chi connectivity index (χ2v) is 9.25. The van der Waals surface area contributed by atoms with Crippen LogP contribution < -0.4 is 9.44 Å². The molecule has 0 spiro atoms. The molecule has 0 saturated heterocycles. The Hall–Kier alpha value is -1.32. The molecule has 0 atom stereocenters. The lowest BCUT2D eigenvalue weighted by Crippen LogP contribution is -2.19. The summed E-state index contributed by atoms with van der Waals surface area (Å²) in [5.74, 6) is 0. The van der Waals surface area contributed by atoms with Crippen LogP contribution in [0.4, 0.5) is 5.69 Å². The van der Waals surface area contributed by atoms with Crippen LogP contribution in [0.25, 0.3) is 0 Å². The van der Waals surface area contributed by atoms with Crippen LogP contribution in [0.15, 0.2) is 46.2 Å². The number of anilines is 1. The molecule has 0 aromatic heterocycles. The topological polar surface area (TPSA) is 92.3 Å². The predicted octanol–water partition coefficient (Wildman–Crippen LogP) is 3.01. The summed E-state index contributed by atoms with van der Waals surface area (Å²) in [5, 5.41) is 0.214. The van der Waals surface area contributed by atoms with Gasteiger partial charge in [-0.15, -0.1) is 0 Å². The van der Waals surface area contributed by atoms with Crippen molar-refractivity contribution in [1.29, 1.82) is 0 Å². The van der Waals surface area contributed by atoms with Crippen molar-refractivity contribution in [2.24, 2.45) is 0 Å². The van der Waals surface area contributed by atoms with Crippen molar-refractivity contribution < 1.29 is 16.8 Å². The van der Waals surface area contributed by atoms with E-state index in [0.717, 1.165) is 0 Å². The normalized spacial score (nSPS) is 12.2. The monoisotopic (exact) mass is 408 g/mol. The number of benzene rings is 2. The van der Waals surface area contributed by atoms with Crippen LogP contribution in [0.2, 0.25) is 10.0 Å². The molecule has 2 N–H and O–H groups in total. The highest BCUT2D eigenvalue weighted by molar-refractivity contribution is 7.93. The minimum atomic E-state index is -4.04. The quantitative estimate of drug-likeness (QED) is 0.794. The number of nitrogens with one attached hydrogen (secondary N) is 2. The molecular weight excluding hydrogens is 395 g/mol. The molecule has 0 radical (unpaired) electrons. The summed E-state index contributed by atoms with van der Waals surface area (Å²) in [5.41, 5.74) is 0.675. The molecule has 2 aromatic carbocycles. The van der Waals surface area contributed by atoms with E-state index in [2.05, 4.69) is 9.44 Å². The van der Waals surface area contributed by atoms with Gasteiger partial charge in [0.1, 0.15) is 4.90 Å². The van der Waals surface area contributed by atoms with Crippen LogP contribution in [-0.2, 0) is 20.0 Å². The maximum Gasteiger partial charge on any atom is 0.263 e. The summed E-state index contributed by atoms with van der Waals surface area (Å²) < 4.78 is 53.3. The van der Waals surface area contributed by atoms with Gasteiger partial charge in [-0.05, 0) is 49.9 Å². The van der Waals surface area contributed by atoms with Crippen molar-refractivity contribution in [2.75, 3.05) is 11.8 Å². The van der Waals surface area contributed by atoms with Gasteiger partial charge in [-0.2, -0.15) is 0 Å². The number of halogens is 2. The van der Waals surface area contributed by atoms with Gasteiger partial charge in [-0.3, -0.25) is 4.72 Å². The highest BCUT2D eigenvalue weighted by Gasteiger charge is 2.21. The van der Waals surface area contributed by atoms with E-state index < -0.39 is 20.0 Å². The fourth-order valence-electron chi connectivity index (χ4n) is 1.88. The van der Waals surface area contributed by atoms with Gasteiger partial charge in [-0.25, -0.2) is 21.6 Å². The molecule has 130 valence electrons. The van der Waals surface area contributed by atoms with Gasteiger partial charge in [0.2, 0.25) is 10.0 Å². The molecule has 0 saturated carbocycles. The lowest BCUT2D eigenvalue weighted by Gasteiger charge is -2.13. The molecule has 0 aliphatic rings. The largest absolute Gasteiger partial charge is 0.279 e. The predicted molar refractivity (Wildman–Crippen MR) is 94.7 cm³/mol. The van der Waals surface area contributed by atoms with Crippen LogP contribution in [-0.4, -0.2) is 23.9 Å². The molecule has 0 unspecified atom stereocenters. The lowest BCUT2D eigenvalue weighted by atomic mass is 10.2. The number of sulfonamides is 2. The number of hydrogen-bond donors (Lipinski definition) is 2. The molecule has 6 nitrogen and oxygen atoms in total. The Bertz CT molecular complexity index is 990. The first-order valence-electron chi connectivity index (χ1n) is 6.59. The highest BCUT2D eigenvalue weighted by atomic mass is 35.5. The minimum Gasteiger partial charge on any atom is -0.279 e. The summed E-state index contributed by atoms with van der Waals surface area (Å²) in [6.45, 7) is 1.65. The second kappa shape index (κ2) is 6.89. The van der Waals surface area contributed by atoms with Crippen LogP contribution in [0.5, 0.6) is 0 Å². The summed E-state index contributed by atoms with van der Waals surface area (Å²) in [6, 6.07) is 8.17. The lowest BCUT2D eigenvalue weighted by molar-refractivity contribution is 0.588. The van der Waals surface area contributed by atoms with E-state index in [1.165, 1.54) is 43.4 Å². The first-order chi connectivity index (χ1) is 11.1. The SMILES string of the molecule is CNS(=O)(=O)c1ccc(C)c(NS(=O)(=O)c2cc(Cl)ccc2Cl)c1. The van der Waals surface area contributed by atoms with Crippen molar-refractivity contribution in [1.82, 2.24) is 4.72 Å². The number of aryl methyl sites for hydroxylation is 1. The molecule has 2 rings (SSSR count). The second-order valence-electron chi connectivity index (χ2n) is 4.86. The van der Waals surface area contributed by atoms with E-state index in [9.17, 15) is 16.8 Å². The van der Waals surface area contributed by atoms with Gasteiger partial charge in [0.05, 0.1) is 15.6 Å². The molecule has 0 bridgehead atoms. The Morgan fingerprint density at radius 2 is 1.58 bits per heavy atom. The van der Waals surface area contributed by atoms with Gasteiger partial charge < -0.3 is 0 Å². The van der Waals surface area contributed by atoms with Gasteiger partial charge in [-0.1, -0.05) is 29.3 Å². The van der Waals surface area contributed by atoms with Crippen LogP contribution in [0.3, 0.4) is 0 Å². The van der Waals surface area contributed by atoms with Crippen LogP contribution in [0, 0.1) is 6.92 Å². The zero-order valence-corrected chi connectivity index (χ0v) is 15.8. The van der Waals surface area contributed by atoms with Crippen LogP contribution in [0.1, 0.15) is 5.56 Å². The standard InChI is InChI=1S/C14H14Cl2N2O4S2/c1-9-3-5-11(23(19,20)17-2)8-13(9)18-24(21,22)14-7-10(15)4-6-12(14)16/h3-8,17-18H,1-2H3. The molecule has 10 heteroatoms. The summed E-state index contributed by atoms with van der Waals surface area (Å²) >= 11 is 11.8. The Balaban J connectivity index is 2.51. The molecule has 0 aliphatic heterocycles. The fraction of sp³-hybridized carbons (Fsp3) is 0.143. The van der Waals surface area contributed by atoms with Crippen molar-refractivity contribution in [3.05, 3.63) is 52.0 Å². The van der Waals surface area contributed by atoms with E-state index in [-0.39, 0.29) is 25.5 Å². The molecule has 0 amide bonds. The summed E-state index contributed by atoms with van der Waals surface area (Å²) in [7, 11) is -6.48. The number of rotatable bonds is 5. The minimum absolute atomic E-state index is 0.00329. The van der Waals surface area contributed by atoms with E-state index in [1.807, 2.05) is 0 Å². The van der Waals surface area contributed by atoms with E-state index in [4.69, 9.17) is 23.2 Å². The third kappa shape index (κ3) is 4.01. The van der Waals surface area contributed by atoms with Crippen molar-refractivity contribution in [3.8, 4) is 0 Å². The molecule has 2 aromatic rings. The van der Waals surface area contributed by atoms with E-state index in [1.54, 1.807) is 6.92 Å². The van der Waals surface area contributed by atoms with Crippen molar-refractivity contribution >= 4 is 48.9 Å². The average Bonchev–Trinajstić information content (AvgIpc) is 2.51. The fourth-order valence-corrected chi connectivity index (χ4v) is 4.52. The smallest absolute Gasteiger partial charge is 0.263 e. The summed E-state index contributed by atoms with van der Waals surface area (Å²) in [6.07, 6.45) is 0. The number of hydrogen-bond acceptors (Lipinski definition) is 4. The van der Waals surface area contributed by atoms with Crippen molar-refractivity contribution in [3.63, 3.8) is 0 Å². The third-order valence-electron chi connectivity index (χ3n) is 3.22. The Kier molecular flexibility index (Phi) is 5.46. The van der Waals surface area contributed by atoms with Crippen LogP contribution >= 0.6 is 23.2 Å². The van der Waals surface area contributed by atoms with E-state index in [0.29, 0.717) is 5.56 Å². The maximum absolute atomic E-state index is 12.5. The molecular formula is C14H14Cl2N2O4S2. The average molecular weight is 409 g/mol. The first kappa shape index (κ1) is 19.0. The highest BCUT2D eigenvalue weighted by Crippen LogP contribution is 2.28. The molecule has 0 aliphatic carbocycles. The van der Waals surface area contributed by atoms with Gasteiger partial charge in [0, 0.05) is 5.02 Å². The molecule has 0 heterocycles. The van der Waals surface area contributed by atoms with Gasteiger partial charge >= 0.3 is 0 Å². The van der Waals surface area contributed by atoms with Gasteiger partial charge in [0.15, 0.2) is 0 Å².